The molecule has 1 saturated heterocycles. The van der Waals surface area contributed by atoms with E-state index in [9.17, 15) is 18.4 Å². The predicted octanol–water partition coefficient (Wildman–Crippen LogP) is 1.31. The van der Waals surface area contributed by atoms with E-state index in [0.717, 1.165) is 12.8 Å². The van der Waals surface area contributed by atoms with Crippen LogP contribution in [0.15, 0.2) is 18.2 Å². The molecule has 0 bridgehead atoms. The van der Waals surface area contributed by atoms with Crippen LogP contribution in [0.4, 0.5) is 20.2 Å². The van der Waals surface area contributed by atoms with Gasteiger partial charge in [0.25, 0.3) is 5.91 Å². The minimum absolute atomic E-state index is 0.0734. The number of hydrogen-bond acceptors (Lipinski definition) is 6. The molecule has 0 unspecified atom stereocenters. The van der Waals surface area contributed by atoms with E-state index in [2.05, 4.69) is 15.4 Å². The summed E-state index contributed by atoms with van der Waals surface area (Å²) in [6.45, 7) is -1.74. The first kappa shape index (κ1) is 21.4. The zero-order chi connectivity index (χ0) is 20.8. The third-order valence-corrected chi connectivity index (χ3v) is 5.17. The normalized spacial score (nSPS) is 18.5. The molecule has 29 heavy (non-hydrogen) atoms. The average molecular weight is 412 g/mol. The van der Waals surface area contributed by atoms with Gasteiger partial charge in [-0.25, -0.2) is 0 Å². The van der Waals surface area contributed by atoms with Crippen molar-refractivity contribution in [1.29, 1.82) is 0 Å². The SMILES string of the molecule is NC[C@@H](NCC1CCC1)C(=O)Nc1ccc(N2CCOCC2=O)cc1OC(F)F. The minimum Gasteiger partial charge on any atom is -0.433 e. The Bertz CT molecular complexity index is 730. The van der Waals surface area contributed by atoms with E-state index in [0.29, 0.717) is 31.3 Å². The first-order valence-corrected chi connectivity index (χ1v) is 9.69. The number of nitrogens with two attached hydrogens (primary N) is 1. The third kappa shape index (κ3) is 5.62. The lowest BCUT2D eigenvalue weighted by molar-refractivity contribution is -0.125. The number of amides is 2. The number of nitrogens with one attached hydrogen (secondary N) is 2. The highest BCUT2D eigenvalue weighted by Crippen LogP contribution is 2.32. The van der Waals surface area contributed by atoms with Gasteiger partial charge in [0.1, 0.15) is 6.61 Å². The highest BCUT2D eigenvalue weighted by atomic mass is 19.3. The van der Waals surface area contributed by atoms with Gasteiger partial charge in [-0.05, 0) is 37.4 Å². The Hall–Kier alpha value is -2.30. The summed E-state index contributed by atoms with van der Waals surface area (Å²) in [5, 5.41) is 5.73. The summed E-state index contributed by atoms with van der Waals surface area (Å²) in [4.78, 5) is 26.0. The van der Waals surface area contributed by atoms with Gasteiger partial charge in [-0.3, -0.25) is 9.59 Å². The fourth-order valence-corrected chi connectivity index (χ4v) is 3.28. The third-order valence-electron chi connectivity index (χ3n) is 5.17. The zero-order valence-corrected chi connectivity index (χ0v) is 16.0. The molecule has 1 heterocycles. The van der Waals surface area contributed by atoms with Crippen molar-refractivity contribution < 1.29 is 27.8 Å². The molecule has 0 aromatic heterocycles. The van der Waals surface area contributed by atoms with E-state index in [4.69, 9.17) is 10.5 Å². The van der Waals surface area contributed by atoms with Crippen LogP contribution in [-0.2, 0) is 14.3 Å². The molecule has 1 atom stereocenters. The highest BCUT2D eigenvalue weighted by Gasteiger charge is 2.25. The summed E-state index contributed by atoms with van der Waals surface area (Å²) >= 11 is 0. The van der Waals surface area contributed by atoms with Gasteiger partial charge >= 0.3 is 6.61 Å². The van der Waals surface area contributed by atoms with Crippen LogP contribution >= 0.6 is 0 Å². The molecule has 1 aromatic carbocycles. The number of rotatable bonds is 9. The van der Waals surface area contributed by atoms with Crippen LogP contribution in [0, 0.1) is 5.92 Å². The molecule has 1 saturated carbocycles. The van der Waals surface area contributed by atoms with Crippen molar-refractivity contribution >= 4 is 23.2 Å². The summed E-state index contributed by atoms with van der Waals surface area (Å²) in [7, 11) is 0. The summed E-state index contributed by atoms with van der Waals surface area (Å²) in [6.07, 6.45) is 3.44. The average Bonchev–Trinajstić information content (AvgIpc) is 2.65. The number of anilines is 2. The number of nitrogens with zero attached hydrogens (tertiary/aromatic N) is 1. The number of ether oxygens (including phenoxy) is 2. The van der Waals surface area contributed by atoms with Crippen molar-refractivity contribution in [3.05, 3.63) is 18.2 Å². The maximum absolute atomic E-state index is 12.9. The van der Waals surface area contributed by atoms with E-state index in [-0.39, 0.29) is 30.5 Å². The Kier molecular flexibility index (Phi) is 7.34. The zero-order valence-electron chi connectivity index (χ0n) is 16.0. The van der Waals surface area contributed by atoms with Crippen LogP contribution in [0.25, 0.3) is 0 Å². The van der Waals surface area contributed by atoms with Crippen molar-refractivity contribution in [1.82, 2.24) is 5.32 Å². The maximum Gasteiger partial charge on any atom is 0.387 e. The van der Waals surface area contributed by atoms with Crippen LogP contribution in [-0.4, -0.2) is 57.3 Å². The molecule has 0 spiro atoms. The predicted molar refractivity (Wildman–Crippen MR) is 103 cm³/mol. The van der Waals surface area contributed by atoms with Crippen LogP contribution in [0.2, 0.25) is 0 Å². The Morgan fingerprint density at radius 1 is 1.38 bits per heavy atom. The van der Waals surface area contributed by atoms with Gasteiger partial charge in [-0.15, -0.1) is 0 Å². The van der Waals surface area contributed by atoms with Gasteiger partial charge in [-0.1, -0.05) is 6.42 Å². The lowest BCUT2D eigenvalue weighted by atomic mass is 9.85. The van der Waals surface area contributed by atoms with Gasteiger partial charge in [0.2, 0.25) is 5.91 Å². The molecule has 3 rings (SSSR count). The highest BCUT2D eigenvalue weighted by molar-refractivity contribution is 5.98. The van der Waals surface area contributed by atoms with Crippen molar-refractivity contribution in [3.63, 3.8) is 0 Å². The number of morpholine rings is 1. The Morgan fingerprint density at radius 3 is 2.79 bits per heavy atom. The minimum atomic E-state index is -3.08. The Balaban J connectivity index is 1.72. The number of alkyl halides is 2. The number of hydrogen-bond donors (Lipinski definition) is 3. The molecule has 160 valence electrons. The van der Waals surface area contributed by atoms with E-state index in [1.165, 1.54) is 23.5 Å². The molecule has 2 aliphatic rings. The van der Waals surface area contributed by atoms with Gasteiger partial charge in [0.15, 0.2) is 5.75 Å². The lowest BCUT2D eigenvalue weighted by Crippen LogP contribution is -2.48. The molecule has 10 heteroatoms. The second-order valence-electron chi connectivity index (χ2n) is 7.14. The Morgan fingerprint density at radius 2 is 2.17 bits per heavy atom. The van der Waals surface area contributed by atoms with Crippen molar-refractivity contribution in [2.24, 2.45) is 11.7 Å². The summed E-state index contributed by atoms with van der Waals surface area (Å²) in [6, 6.07) is 3.67. The second kappa shape index (κ2) is 9.95. The summed E-state index contributed by atoms with van der Waals surface area (Å²) < 4.78 is 35.5. The van der Waals surface area contributed by atoms with Crippen LogP contribution < -0.4 is 26.0 Å². The molecular formula is C19H26F2N4O4. The van der Waals surface area contributed by atoms with Crippen LogP contribution in [0.1, 0.15) is 19.3 Å². The fourth-order valence-electron chi connectivity index (χ4n) is 3.28. The summed E-state index contributed by atoms with van der Waals surface area (Å²) in [5.41, 5.74) is 6.18. The standard InChI is InChI=1S/C19H26F2N4O4/c20-19(21)29-16-8-13(25-6-7-28-11-17(25)26)4-5-14(16)24-18(27)15(9-22)23-10-12-2-1-3-12/h4-5,8,12,15,19,23H,1-3,6-7,9-11,22H2,(H,24,27)/t15-/m1/s1. The number of halogens is 2. The van der Waals surface area contributed by atoms with E-state index in [1.54, 1.807) is 6.07 Å². The largest absolute Gasteiger partial charge is 0.433 e. The van der Waals surface area contributed by atoms with E-state index < -0.39 is 18.6 Å². The van der Waals surface area contributed by atoms with Gasteiger partial charge < -0.3 is 30.7 Å². The fraction of sp³-hybridized carbons (Fsp3) is 0.579. The van der Waals surface area contributed by atoms with Crippen LogP contribution in [0.3, 0.4) is 0 Å². The number of carbonyl (C=O) groups excluding carboxylic acids is 2. The molecule has 2 amide bonds. The lowest BCUT2D eigenvalue weighted by Gasteiger charge is -2.28. The van der Waals surface area contributed by atoms with Gasteiger partial charge in [0.05, 0.1) is 18.3 Å². The molecule has 1 aliphatic carbocycles. The van der Waals surface area contributed by atoms with Gasteiger partial charge in [-0.2, -0.15) is 8.78 Å². The molecule has 0 radical (unpaired) electrons. The molecule has 4 N–H and O–H groups in total. The number of benzene rings is 1. The van der Waals surface area contributed by atoms with Crippen LogP contribution in [0.5, 0.6) is 5.75 Å². The maximum atomic E-state index is 12.9. The van der Waals surface area contributed by atoms with E-state index >= 15 is 0 Å². The first-order chi connectivity index (χ1) is 14.0. The number of carbonyl (C=O) groups is 2. The topological polar surface area (TPSA) is 106 Å². The monoisotopic (exact) mass is 412 g/mol. The molecule has 8 nitrogen and oxygen atoms in total. The van der Waals surface area contributed by atoms with Crippen molar-refractivity contribution in [2.75, 3.05) is 43.1 Å². The molecule has 2 fully saturated rings. The van der Waals surface area contributed by atoms with Crippen molar-refractivity contribution in [2.45, 2.75) is 31.9 Å². The molecule has 1 aliphatic heterocycles. The smallest absolute Gasteiger partial charge is 0.387 e. The summed E-state index contributed by atoms with van der Waals surface area (Å²) in [5.74, 6) is -0.389. The van der Waals surface area contributed by atoms with E-state index in [1.807, 2.05) is 0 Å². The Labute approximate surface area is 167 Å². The van der Waals surface area contributed by atoms with Crippen molar-refractivity contribution in [3.8, 4) is 5.75 Å². The second-order valence-corrected chi connectivity index (χ2v) is 7.14. The quantitative estimate of drug-likeness (QED) is 0.565. The first-order valence-electron chi connectivity index (χ1n) is 9.69. The molecule has 1 aromatic rings. The molecular weight excluding hydrogens is 386 g/mol. The van der Waals surface area contributed by atoms with Gasteiger partial charge in [0, 0.05) is 24.8 Å².